The first-order valence-electron chi connectivity index (χ1n) is 5.33. The van der Waals surface area contributed by atoms with E-state index >= 15 is 0 Å². The fraction of sp³-hybridized carbons (Fsp3) is 0.308. The van der Waals surface area contributed by atoms with Gasteiger partial charge in [-0.15, -0.1) is 6.58 Å². The molecule has 0 atom stereocenters. The van der Waals surface area contributed by atoms with Crippen molar-refractivity contribution in [3.63, 3.8) is 0 Å². The first-order valence-corrected chi connectivity index (χ1v) is 5.33. The second kappa shape index (κ2) is 4.39. The van der Waals surface area contributed by atoms with E-state index in [2.05, 4.69) is 6.58 Å². The Balaban J connectivity index is 2.31. The van der Waals surface area contributed by atoms with E-state index in [1.807, 2.05) is 23.1 Å². The molecule has 0 saturated heterocycles. The number of carbonyl (C=O) groups excluding carboxylic acids is 1. The maximum Gasteiger partial charge on any atom is 0.254 e. The first-order chi connectivity index (χ1) is 7.76. The van der Waals surface area contributed by atoms with Crippen LogP contribution in [-0.4, -0.2) is 31.0 Å². The molecule has 1 aromatic rings. The number of nitrogens with zero attached hydrogens (tertiary/aromatic N) is 1. The molecule has 0 fully saturated rings. The van der Waals surface area contributed by atoms with Gasteiger partial charge >= 0.3 is 0 Å². The zero-order valence-corrected chi connectivity index (χ0v) is 9.40. The fourth-order valence-corrected chi connectivity index (χ4v) is 1.97. The van der Waals surface area contributed by atoms with E-state index in [-0.39, 0.29) is 5.91 Å². The molecule has 1 aliphatic heterocycles. The highest BCUT2D eigenvalue weighted by atomic mass is 16.5. The normalized spacial score (nSPS) is 14.6. The van der Waals surface area contributed by atoms with Crippen LogP contribution in [0.25, 0.3) is 0 Å². The summed E-state index contributed by atoms with van der Waals surface area (Å²) in [5.74, 6) is 0.896. The molecule has 1 amide bonds. The van der Waals surface area contributed by atoms with Crippen molar-refractivity contribution in [1.29, 1.82) is 0 Å². The van der Waals surface area contributed by atoms with Crippen LogP contribution < -0.4 is 4.74 Å². The lowest BCUT2D eigenvalue weighted by molar-refractivity contribution is 0.0759. The van der Waals surface area contributed by atoms with Crippen LogP contribution in [-0.2, 0) is 6.42 Å². The topological polar surface area (TPSA) is 29.5 Å². The van der Waals surface area contributed by atoms with Gasteiger partial charge in [0.2, 0.25) is 0 Å². The van der Waals surface area contributed by atoms with Gasteiger partial charge in [0, 0.05) is 18.7 Å². The molecule has 1 aliphatic rings. The Hall–Kier alpha value is -1.77. The molecule has 2 rings (SSSR count). The largest absolute Gasteiger partial charge is 0.497 e. The number of ether oxygens (including phenoxy) is 1. The molecule has 0 bridgehead atoms. The highest BCUT2D eigenvalue weighted by Crippen LogP contribution is 2.23. The zero-order chi connectivity index (χ0) is 11.5. The third kappa shape index (κ3) is 1.81. The van der Waals surface area contributed by atoms with Crippen molar-refractivity contribution in [1.82, 2.24) is 4.90 Å². The van der Waals surface area contributed by atoms with Crippen molar-refractivity contribution >= 4 is 5.91 Å². The molecule has 3 nitrogen and oxygen atoms in total. The van der Waals surface area contributed by atoms with Gasteiger partial charge in [-0.1, -0.05) is 6.08 Å². The number of amides is 1. The molecule has 1 aromatic carbocycles. The SMILES string of the molecule is C=CCN1CCc2cc(OC)ccc2C1=O. The average molecular weight is 217 g/mol. The Labute approximate surface area is 95.3 Å². The van der Waals surface area contributed by atoms with Crippen LogP contribution in [0.15, 0.2) is 30.9 Å². The van der Waals surface area contributed by atoms with Crippen LogP contribution in [0, 0.1) is 0 Å². The monoisotopic (exact) mass is 217 g/mol. The van der Waals surface area contributed by atoms with Crippen molar-refractivity contribution in [2.24, 2.45) is 0 Å². The first kappa shape index (κ1) is 10.7. The molecule has 0 N–H and O–H groups in total. The van der Waals surface area contributed by atoms with Crippen LogP contribution in [0.4, 0.5) is 0 Å². The zero-order valence-electron chi connectivity index (χ0n) is 9.40. The molecule has 0 unspecified atom stereocenters. The second-order valence-corrected chi connectivity index (χ2v) is 3.81. The van der Waals surface area contributed by atoms with Gasteiger partial charge < -0.3 is 9.64 Å². The molecule has 0 aromatic heterocycles. The van der Waals surface area contributed by atoms with Crippen molar-refractivity contribution in [2.75, 3.05) is 20.2 Å². The Kier molecular flexibility index (Phi) is 2.95. The number of benzene rings is 1. The van der Waals surface area contributed by atoms with Gasteiger partial charge in [0.05, 0.1) is 7.11 Å². The molecular formula is C13H15NO2. The van der Waals surface area contributed by atoms with Gasteiger partial charge in [0.1, 0.15) is 5.75 Å². The van der Waals surface area contributed by atoms with Crippen molar-refractivity contribution < 1.29 is 9.53 Å². The summed E-state index contributed by atoms with van der Waals surface area (Å²) in [7, 11) is 1.64. The van der Waals surface area contributed by atoms with E-state index < -0.39 is 0 Å². The van der Waals surface area contributed by atoms with Gasteiger partial charge in [-0.3, -0.25) is 4.79 Å². The Morgan fingerprint density at radius 2 is 2.38 bits per heavy atom. The minimum atomic E-state index is 0.0869. The number of hydrogen-bond acceptors (Lipinski definition) is 2. The quantitative estimate of drug-likeness (QED) is 0.723. The minimum absolute atomic E-state index is 0.0869. The molecular weight excluding hydrogens is 202 g/mol. The average Bonchev–Trinajstić information content (AvgIpc) is 2.32. The summed E-state index contributed by atoms with van der Waals surface area (Å²) in [5, 5.41) is 0. The second-order valence-electron chi connectivity index (χ2n) is 3.81. The van der Waals surface area contributed by atoms with Gasteiger partial charge in [-0.25, -0.2) is 0 Å². The highest BCUT2D eigenvalue weighted by molar-refractivity contribution is 5.97. The molecule has 1 heterocycles. The predicted octanol–water partition coefficient (Wildman–Crippen LogP) is 1.88. The molecule has 0 radical (unpaired) electrons. The highest BCUT2D eigenvalue weighted by Gasteiger charge is 2.23. The van der Waals surface area contributed by atoms with Gasteiger partial charge in [-0.05, 0) is 30.2 Å². The smallest absolute Gasteiger partial charge is 0.254 e. The molecule has 0 spiro atoms. The summed E-state index contributed by atoms with van der Waals surface area (Å²) in [5.41, 5.74) is 1.86. The van der Waals surface area contributed by atoms with Gasteiger partial charge in [0.15, 0.2) is 0 Å². The van der Waals surface area contributed by atoms with Crippen LogP contribution in [0.5, 0.6) is 5.75 Å². The van der Waals surface area contributed by atoms with Gasteiger partial charge in [-0.2, -0.15) is 0 Å². The summed E-state index contributed by atoms with van der Waals surface area (Å²) in [6.45, 7) is 5.03. The van der Waals surface area contributed by atoms with E-state index in [9.17, 15) is 4.79 Å². The van der Waals surface area contributed by atoms with E-state index in [4.69, 9.17) is 4.74 Å². The third-order valence-electron chi connectivity index (χ3n) is 2.83. The lowest BCUT2D eigenvalue weighted by atomic mass is 9.99. The molecule has 16 heavy (non-hydrogen) atoms. The van der Waals surface area contributed by atoms with Crippen LogP contribution in [0.1, 0.15) is 15.9 Å². The number of rotatable bonds is 3. The Morgan fingerprint density at radius 1 is 1.56 bits per heavy atom. The van der Waals surface area contributed by atoms with Crippen LogP contribution >= 0.6 is 0 Å². The Morgan fingerprint density at radius 3 is 3.06 bits per heavy atom. The summed E-state index contributed by atoms with van der Waals surface area (Å²) >= 11 is 0. The summed E-state index contributed by atoms with van der Waals surface area (Å²) in [4.78, 5) is 13.9. The number of methoxy groups -OCH3 is 1. The van der Waals surface area contributed by atoms with Crippen LogP contribution in [0.2, 0.25) is 0 Å². The third-order valence-corrected chi connectivity index (χ3v) is 2.83. The van der Waals surface area contributed by atoms with Gasteiger partial charge in [0.25, 0.3) is 5.91 Å². The molecule has 84 valence electrons. The summed E-state index contributed by atoms with van der Waals surface area (Å²) in [6, 6.07) is 5.61. The van der Waals surface area contributed by atoms with E-state index in [1.165, 1.54) is 0 Å². The number of carbonyl (C=O) groups is 1. The van der Waals surface area contributed by atoms with E-state index in [0.717, 1.165) is 29.8 Å². The molecule has 0 aliphatic carbocycles. The minimum Gasteiger partial charge on any atom is -0.497 e. The number of hydrogen-bond donors (Lipinski definition) is 0. The summed E-state index contributed by atoms with van der Waals surface area (Å²) < 4.78 is 5.15. The standard InChI is InChI=1S/C13H15NO2/c1-3-7-14-8-6-10-9-11(16-2)4-5-12(10)13(14)15/h3-5,9H,1,6-8H2,2H3. The maximum absolute atomic E-state index is 12.0. The lowest BCUT2D eigenvalue weighted by Gasteiger charge is -2.27. The van der Waals surface area contributed by atoms with Crippen molar-refractivity contribution in [3.8, 4) is 5.75 Å². The lowest BCUT2D eigenvalue weighted by Crippen LogP contribution is -2.37. The predicted molar refractivity (Wildman–Crippen MR) is 62.8 cm³/mol. The molecule has 0 saturated carbocycles. The van der Waals surface area contributed by atoms with Crippen molar-refractivity contribution in [2.45, 2.75) is 6.42 Å². The number of fused-ring (bicyclic) bond motifs is 1. The Bertz CT molecular complexity index is 426. The van der Waals surface area contributed by atoms with E-state index in [0.29, 0.717) is 6.54 Å². The van der Waals surface area contributed by atoms with E-state index in [1.54, 1.807) is 13.2 Å². The molecule has 3 heteroatoms. The van der Waals surface area contributed by atoms with Crippen LogP contribution in [0.3, 0.4) is 0 Å². The maximum atomic E-state index is 12.0. The van der Waals surface area contributed by atoms with Crippen molar-refractivity contribution in [3.05, 3.63) is 42.0 Å². The fourth-order valence-electron chi connectivity index (χ4n) is 1.97. The summed E-state index contributed by atoms with van der Waals surface area (Å²) in [6.07, 6.45) is 2.64.